The predicted molar refractivity (Wildman–Crippen MR) is 88.4 cm³/mol. The van der Waals surface area contributed by atoms with Crippen LogP contribution in [0.15, 0.2) is 35.5 Å². The van der Waals surface area contributed by atoms with Gasteiger partial charge in [0.15, 0.2) is 6.10 Å². The van der Waals surface area contributed by atoms with Crippen molar-refractivity contribution < 1.29 is 24.2 Å². The van der Waals surface area contributed by atoms with Gasteiger partial charge in [-0.1, -0.05) is 35.5 Å². The Labute approximate surface area is 141 Å². The lowest BCUT2D eigenvalue weighted by atomic mass is 10.1. The normalized spacial score (nSPS) is 18.3. The van der Waals surface area contributed by atoms with Crippen molar-refractivity contribution in [1.29, 1.82) is 0 Å². The Morgan fingerprint density at radius 1 is 1.42 bits per heavy atom. The number of ether oxygens (including phenoxy) is 2. The van der Waals surface area contributed by atoms with Crippen LogP contribution >= 0.6 is 0 Å². The fourth-order valence-electron chi connectivity index (χ4n) is 2.13. The summed E-state index contributed by atoms with van der Waals surface area (Å²) in [5.41, 5.74) is 0.412. The van der Waals surface area contributed by atoms with Crippen LogP contribution in [0.25, 0.3) is 0 Å². The minimum absolute atomic E-state index is 0.286. The standard InChI is InChI=1S/C17H24N2O5/c1-17(2,3)23-16(21)18-13(10-20)14-9-15(19-24-14)22-11-12-7-5-4-6-8-12/h4-8,13-14,20H,9-11H2,1-3H3,(H,18,21)/t13-,14+/m1/s1. The predicted octanol–water partition coefficient (Wildman–Crippen LogP) is 2.19. The van der Waals surface area contributed by atoms with Gasteiger partial charge in [-0.3, -0.25) is 0 Å². The number of carbonyl (C=O) groups is 1. The van der Waals surface area contributed by atoms with E-state index in [-0.39, 0.29) is 6.61 Å². The number of rotatable bonds is 5. The lowest BCUT2D eigenvalue weighted by Gasteiger charge is -2.24. The van der Waals surface area contributed by atoms with Gasteiger partial charge in [-0.2, -0.15) is 0 Å². The van der Waals surface area contributed by atoms with Crippen molar-refractivity contribution in [3.8, 4) is 0 Å². The Balaban J connectivity index is 1.80. The highest BCUT2D eigenvalue weighted by Gasteiger charge is 2.32. The summed E-state index contributed by atoms with van der Waals surface area (Å²) in [5, 5.41) is 16.0. The van der Waals surface area contributed by atoms with E-state index >= 15 is 0 Å². The van der Waals surface area contributed by atoms with Crippen molar-refractivity contribution in [3.63, 3.8) is 0 Å². The van der Waals surface area contributed by atoms with Gasteiger partial charge in [0.05, 0.1) is 19.1 Å². The third kappa shape index (κ3) is 5.73. The van der Waals surface area contributed by atoms with E-state index in [0.717, 1.165) is 5.56 Å². The van der Waals surface area contributed by atoms with Crippen molar-refractivity contribution in [2.24, 2.45) is 5.16 Å². The molecule has 0 spiro atoms. The highest BCUT2D eigenvalue weighted by molar-refractivity contribution is 5.77. The van der Waals surface area contributed by atoms with Gasteiger partial charge in [0.25, 0.3) is 0 Å². The van der Waals surface area contributed by atoms with E-state index in [9.17, 15) is 9.90 Å². The largest absolute Gasteiger partial charge is 0.474 e. The van der Waals surface area contributed by atoms with Crippen LogP contribution < -0.4 is 5.32 Å². The number of aliphatic hydroxyl groups is 1. The Bertz CT molecular complexity index is 568. The molecule has 132 valence electrons. The van der Waals surface area contributed by atoms with E-state index in [4.69, 9.17) is 14.3 Å². The van der Waals surface area contributed by atoms with Crippen LogP contribution in [0.4, 0.5) is 4.79 Å². The number of amides is 1. The second kappa shape index (κ2) is 8.01. The molecule has 1 aromatic rings. The molecule has 24 heavy (non-hydrogen) atoms. The summed E-state index contributed by atoms with van der Waals surface area (Å²) in [4.78, 5) is 17.1. The maximum atomic E-state index is 11.8. The van der Waals surface area contributed by atoms with Crippen LogP contribution in [0, 0.1) is 0 Å². The molecule has 1 aromatic carbocycles. The molecule has 0 saturated carbocycles. The fraction of sp³-hybridized carbons (Fsp3) is 0.529. The fourth-order valence-corrected chi connectivity index (χ4v) is 2.13. The number of hydrogen-bond acceptors (Lipinski definition) is 6. The summed E-state index contributed by atoms with van der Waals surface area (Å²) in [6, 6.07) is 9.08. The van der Waals surface area contributed by atoms with Gasteiger partial charge in [0.2, 0.25) is 5.90 Å². The molecular formula is C17H24N2O5. The third-order valence-electron chi connectivity index (χ3n) is 3.26. The molecule has 1 aliphatic rings. The van der Waals surface area contributed by atoms with Gasteiger partial charge in [0.1, 0.15) is 12.2 Å². The molecule has 0 aromatic heterocycles. The summed E-state index contributed by atoms with van der Waals surface area (Å²) in [6.45, 7) is 5.41. The van der Waals surface area contributed by atoms with Crippen LogP contribution in [0.1, 0.15) is 32.8 Å². The number of benzene rings is 1. The highest BCUT2D eigenvalue weighted by atomic mass is 16.7. The highest BCUT2D eigenvalue weighted by Crippen LogP contribution is 2.17. The molecule has 0 unspecified atom stereocenters. The lowest BCUT2D eigenvalue weighted by Crippen LogP contribution is -2.47. The molecule has 0 saturated heterocycles. The van der Waals surface area contributed by atoms with Crippen LogP contribution in [-0.4, -0.2) is 41.5 Å². The summed E-state index contributed by atoms with van der Waals surface area (Å²) in [6.07, 6.45) is -0.731. The number of nitrogens with zero attached hydrogens (tertiary/aromatic N) is 1. The van der Waals surface area contributed by atoms with Crippen molar-refractivity contribution >= 4 is 12.0 Å². The molecule has 1 amide bonds. The summed E-state index contributed by atoms with van der Waals surface area (Å²) in [5.74, 6) is 0.438. The Morgan fingerprint density at radius 2 is 2.12 bits per heavy atom. The average molecular weight is 336 g/mol. The van der Waals surface area contributed by atoms with Crippen molar-refractivity contribution in [3.05, 3.63) is 35.9 Å². The number of oxime groups is 1. The van der Waals surface area contributed by atoms with E-state index < -0.39 is 23.8 Å². The maximum Gasteiger partial charge on any atom is 0.408 e. The second-order valence-electron chi connectivity index (χ2n) is 6.54. The molecule has 7 nitrogen and oxygen atoms in total. The van der Waals surface area contributed by atoms with E-state index in [1.807, 2.05) is 30.3 Å². The first-order valence-electron chi connectivity index (χ1n) is 7.87. The molecule has 0 aliphatic carbocycles. The summed E-state index contributed by atoms with van der Waals surface area (Å²) < 4.78 is 10.8. The van der Waals surface area contributed by atoms with Crippen LogP contribution in [0.2, 0.25) is 0 Å². The minimum atomic E-state index is -0.624. The maximum absolute atomic E-state index is 11.8. The summed E-state index contributed by atoms with van der Waals surface area (Å²) in [7, 11) is 0. The zero-order valence-corrected chi connectivity index (χ0v) is 14.2. The topological polar surface area (TPSA) is 89.4 Å². The first-order valence-corrected chi connectivity index (χ1v) is 7.87. The van der Waals surface area contributed by atoms with E-state index in [1.54, 1.807) is 20.8 Å². The number of alkyl carbamates (subject to hydrolysis) is 1. The van der Waals surface area contributed by atoms with Crippen molar-refractivity contribution in [1.82, 2.24) is 5.32 Å². The zero-order chi connectivity index (χ0) is 17.6. The SMILES string of the molecule is CC(C)(C)OC(=O)N[C@H](CO)[C@@H]1CC(OCc2ccccc2)=NO1. The van der Waals surface area contributed by atoms with Crippen LogP contribution in [0.5, 0.6) is 0 Å². The summed E-state index contributed by atoms with van der Waals surface area (Å²) >= 11 is 0. The van der Waals surface area contributed by atoms with E-state index in [1.165, 1.54) is 0 Å². The van der Waals surface area contributed by atoms with Gasteiger partial charge in [0, 0.05) is 0 Å². The number of hydrogen-bond donors (Lipinski definition) is 2. The molecular weight excluding hydrogens is 312 g/mol. The van der Waals surface area contributed by atoms with Crippen molar-refractivity contribution in [2.45, 2.75) is 51.5 Å². The lowest BCUT2D eigenvalue weighted by molar-refractivity contribution is 0.0177. The van der Waals surface area contributed by atoms with Gasteiger partial charge < -0.3 is 24.7 Å². The van der Waals surface area contributed by atoms with Gasteiger partial charge in [-0.25, -0.2) is 4.79 Å². The minimum Gasteiger partial charge on any atom is -0.474 e. The molecule has 2 atom stereocenters. The third-order valence-corrected chi connectivity index (χ3v) is 3.26. The number of nitrogens with one attached hydrogen (secondary N) is 1. The zero-order valence-electron chi connectivity index (χ0n) is 14.2. The molecule has 1 heterocycles. The molecule has 2 rings (SSSR count). The van der Waals surface area contributed by atoms with Crippen LogP contribution in [-0.2, 0) is 20.9 Å². The van der Waals surface area contributed by atoms with Crippen molar-refractivity contribution in [2.75, 3.05) is 6.61 Å². The van der Waals surface area contributed by atoms with E-state index in [0.29, 0.717) is 18.9 Å². The monoisotopic (exact) mass is 336 g/mol. The molecule has 1 aliphatic heterocycles. The van der Waals surface area contributed by atoms with Crippen LogP contribution in [0.3, 0.4) is 0 Å². The Morgan fingerprint density at radius 3 is 2.75 bits per heavy atom. The first kappa shape index (κ1) is 18.1. The first-order chi connectivity index (χ1) is 11.4. The van der Waals surface area contributed by atoms with Gasteiger partial charge in [-0.05, 0) is 26.3 Å². The molecule has 0 fully saturated rings. The molecule has 0 radical (unpaired) electrons. The van der Waals surface area contributed by atoms with E-state index in [2.05, 4.69) is 10.5 Å². The molecule has 2 N–H and O–H groups in total. The quantitative estimate of drug-likeness (QED) is 0.860. The number of aliphatic hydroxyl groups excluding tert-OH is 1. The Hall–Kier alpha value is -2.28. The smallest absolute Gasteiger partial charge is 0.408 e. The average Bonchev–Trinajstić information content (AvgIpc) is 2.98. The molecule has 7 heteroatoms. The number of carbonyl (C=O) groups excluding carboxylic acids is 1. The molecule has 0 bridgehead atoms. The Kier molecular flexibility index (Phi) is 6.03. The van der Waals surface area contributed by atoms with Gasteiger partial charge in [-0.15, -0.1) is 0 Å². The second-order valence-corrected chi connectivity index (χ2v) is 6.54. The van der Waals surface area contributed by atoms with Gasteiger partial charge >= 0.3 is 6.09 Å².